The predicted octanol–water partition coefficient (Wildman–Crippen LogP) is 7.58. The summed E-state index contributed by atoms with van der Waals surface area (Å²) < 4.78 is 13.7. The molecule has 5 fully saturated rings. The Morgan fingerprint density at radius 2 is 1.45 bits per heavy atom. The van der Waals surface area contributed by atoms with Gasteiger partial charge in [-0.15, -0.1) is 0 Å². The number of nitrogens with one attached hydrogen (secondary N) is 1. The number of ether oxygens (including phenoxy) is 2. The number of piperidine rings is 2. The summed E-state index contributed by atoms with van der Waals surface area (Å²) in [7, 11) is 2.17. The highest BCUT2D eigenvalue weighted by molar-refractivity contribution is 5.89. The van der Waals surface area contributed by atoms with E-state index in [1.807, 2.05) is 60.5 Å². The monoisotopic (exact) mass is 947 g/mol. The molecule has 69 heavy (non-hydrogen) atoms. The Bertz CT molecular complexity index is 2540. The summed E-state index contributed by atoms with van der Waals surface area (Å²) in [5.41, 5.74) is 3.01. The summed E-state index contributed by atoms with van der Waals surface area (Å²) in [4.78, 5) is 84.2. The number of unbranched alkanes of at least 4 members (excludes halogenated alkanes) is 2. The predicted molar refractivity (Wildman–Crippen MR) is 265 cm³/mol. The number of para-hydroxylation sites is 1. The fourth-order valence-electron chi connectivity index (χ4n) is 11.4. The molecule has 3 aliphatic heterocycles. The lowest BCUT2D eigenvalue weighted by molar-refractivity contribution is -0.158. The molecule has 0 bridgehead atoms. The van der Waals surface area contributed by atoms with Crippen molar-refractivity contribution in [1.29, 1.82) is 0 Å². The molecule has 9 rings (SSSR count). The quantitative estimate of drug-likeness (QED) is 0.0781. The summed E-state index contributed by atoms with van der Waals surface area (Å²) in [5.74, 6) is -0.666. The number of benzene rings is 2. The van der Waals surface area contributed by atoms with Crippen molar-refractivity contribution in [3.63, 3.8) is 0 Å². The van der Waals surface area contributed by atoms with E-state index >= 15 is 9.59 Å². The first-order valence-electron chi connectivity index (χ1n) is 26.1. The van der Waals surface area contributed by atoms with Gasteiger partial charge in [0, 0.05) is 74.4 Å². The molecule has 3 amide bonds. The fraction of sp³-hybridized carbons (Fsp3) is 0.630. The van der Waals surface area contributed by atoms with Gasteiger partial charge in [0.1, 0.15) is 6.04 Å². The van der Waals surface area contributed by atoms with E-state index in [4.69, 9.17) is 14.6 Å². The van der Waals surface area contributed by atoms with Crippen molar-refractivity contribution in [2.24, 2.45) is 10.8 Å². The van der Waals surface area contributed by atoms with Crippen molar-refractivity contribution >= 4 is 45.7 Å². The molecule has 2 saturated carbocycles. The molecule has 0 radical (unpaired) electrons. The zero-order valence-corrected chi connectivity index (χ0v) is 41.5. The lowest BCUT2D eigenvalue weighted by Crippen LogP contribution is -2.60. The number of rotatable bonds is 18. The third kappa shape index (κ3) is 10.9. The molecule has 4 aromatic rings. The molecular weight excluding hydrogens is 873 g/mol. The number of H-pyrrole nitrogens is 1. The normalized spacial score (nSPS) is 20.2. The molecule has 2 aromatic carbocycles. The molecule has 1 atom stereocenters. The summed E-state index contributed by atoms with van der Waals surface area (Å²) >= 11 is 0. The van der Waals surface area contributed by atoms with Gasteiger partial charge in [-0.3, -0.25) is 29.0 Å². The van der Waals surface area contributed by atoms with Crippen molar-refractivity contribution < 1.29 is 28.7 Å². The van der Waals surface area contributed by atoms with Crippen LogP contribution in [-0.2, 0) is 37.0 Å². The second-order valence-electron chi connectivity index (χ2n) is 21.2. The molecule has 1 N–H and O–H groups in total. The molecule has 5 aliphatic rings. The van der Waals surface area contributed by atoms with Gasteiger partial charge in [0.15, 0.2) is 13.5 Å². The maximum atomic E-state index is 15.3. The number of urea groups is 1. The molecular formula is C54H74N8O7. The second kappa shape index (κ2) is 21.0. The van der Waals surface area contributed by atoms with Crippen molar-refractivity contribution in [2.45, 2.75) is 142 Å². The average molecular weight is 947 g/mol. The fourth-order valence-corrected chi connectivity index (χ4v) is 11.4. The topological polar surface area (TPSA) is 154 Å². The SMILES string of the molecule is CCCCC1(C(=O)OCN(C(=O)N2CCC(c3cc4ccccc4[nH]c3=O)CC2)[C@H](Cc2cc(C)c3nn(COC(=O)C4(CCCC)CC4)cc3c2)C(=O)N2CCN(C3CCN(C)CC3)CC2)CC1. The number of pyridine rings is 1. The van der Waals surface area contributed by atoms with Gasteiger partial charge < -0.3 is 29.2 Å². The molecule has 3 saturated heterocycles. The highest BCUT2D eigenvalue weighted by Crippen LogP contribution is 2.52. The number of esters is 2. The summed E-state index contributed by atoms with van der Waals surface area (Å²) in [6.45, 7) is 11.4. The van der Waals surface area contributed by atoms with Crippen LogP contribution in [0.25, 0.3) is 21.8 Å². The number of aryl methyl sites for hydroxylation is 1. The number of likely N-dealkylation sites (tertiary alicyclic amines) is 2. The van der Waals surface area contributed by atoms with Crippen LogP contribution in [0, 0.1) is 17.8 Å². The highest BCUT2D eigenvalue weighted by atomic mass is 16.6. The third-order valence-corrected chi connectivity index (χ3v) is 16.3. The lowest BCUT2D eigenvalue weighted by Gasteiger charge is -2.44. The number of aromatic amines is 1. The van der Waals surface area contributed by atoms with Gasteiger partial charge in [-0.25, -0.2) is 9.48 Å². The zero-order chi connectivity index (χ0) is 48.3. The maximum Gasteiger partial charge on any atom is 0.323 e. The number of piperazine rings is 1. The first-order chi connectivity index (χ1) is 33.4. The van der Waals surface area contributed by atoms with Gasteiger partial charge in [0.05, 0.1) is 16.3 Å². The smallest absolute Gasteiger partial charge is 0.323 e. The van der Waals surface area contributed by atoms with Crippen LogP contribution >= 0.6 is 0 Å². The summed E-state index contributed by atoms with van der Waals surface area (Å²) in [6.07, 6.45) is 14.2. The van der Waals surface area contributed by atoms with Crippen LogP contribution in [-0.4, -0.2) is 141 Å². The van der Waals surface area contributed by atoms with Gasteiger partial charge in [0.2, 0.25) is 5.91 Å². The van der Waals surface area contributed by atoms with E-state index in [0.717, 1.165) is 136 Å². The molecule has 15 nitrogen and oxygen atoms in total. The number of nitrogens with zero attached hydrogens (tertiary/aromatic N) is 7. The van der Waals surface area contributed by atoms with Crippen LogP contribution < -0.4 is 5.56 Å². The Balaban J connectivity index is 0.985. The van der Waals surface area contributed by atoms with Gasteiger partial charge in [-0.05, 0) is 132 Å². The number of fused-ring (bicyclic) bond motifs is 2. The van der Waals surface area contributed by atoms with E-state index in [9.17, 15) is 14.4 Å². The van der Waals surface area contributed by atoms with Crippen molar-refractivity contribution in [2.75, 3.05) is 66.1 Å². The number of aromatic nitrogens is 3. The average Bonchev–Trinajstić information content (AvgIpc) is 4.30. The van der Waals surface area contributed by atoms with E-state index in [-0.39, 0.29) is 60.7 Å². The first-order valence-corrected chi connectivity index (χ1v) is 26.1. The van der Waals surface area contributed by atoms with Gasteiger partial charge in [0.25, 0.3) is 5.56 Å². The standard InChI is InChI=1S/C54H74N8O7/c1-5-7-17-53(19-20-53)50(65)68-36-61-35-42-32-39(31-38(3)47(42)56-61)33-46(49(64)59-29-27-58(28-30-59)43-15-23-57(4)24-16-43)62(37-69-51(66)54(21-22-54)18-8-6-2)52(67)60-25-13-40(14-26-60)44-34-41-11-9-10-12-45(41)55-48(44)63/h9-12,31-32,34-35,40,43,46H,5-8,13-30,33,36-37H2,1-4H3,(H,55,63)/t46-/m1/s1. The summed E-state index contributed by atoms with van der Waals surface area (Å²) in [6, 6.07) is 12.9. The minimum absolute atomic E-state index is 0.0140. The maximum absolute atomic E-state index is 15.3. The van der Waals surface area contributed by atoms with Gasteiger partial charge >= 0.3 is 18.0 Å². The molecule has 2 aromatic heterocycles. The van der Waals surface area contributed by atoms with Crippen molar-refractivity contribution in [1.82, 2.24) is 39.3 Å². The van der Waals surface area contributed by atoms with Crippen LogP contribution in [0.5, 0.6) is 0 Å². The van der Waals surface area contributed by atoms with E-state index in [1.54, 1.807) is 9.58 Å². The minimum Gasteiger partial charge on any atom is -0.444 e. The number of hydrogen-bond acceptors (Lipinski definition) is 10. The number of hydrogen-bond donors (Lipinski definition) is 1. The zero-order valence-electron chi connectivity index (χ0n) is 41.5. The van der Waals surface area contributed by atoms with Crippen LogP contribution in [0.1, 0.15) is 126 Å². The minimum atomic E-state index is -0.974. The van der Waals surface area contributed by atoms with Crippen molar-refractivity contribution in [3.05, 3.63) is 75.7 Å². The molecule has 5 heterocycles. The molecule has 0 unspecified atom stereocenters. The van der Waals surface area contributed by atoms with Crippen molar-refractivity contribution in [3.8, 4) is 0 Å². The number of carbonyl (C=O) groups is 4. The lowest BCUT2D eigenvalue weighted by atomic mass is 9.89. The largest absolute Gasteiger partial charge is 0.444 e. The van der Waals surface area contributed by atoms with E-state index in [1.165, 1.54) is 4.90 Å². The Labute approximate surface area is 406 Å². The van der Waals surface area contributed by atoms with Crippen LogP contribution in [0.3, 0.4) is 0 Å². The van der Waals surface area contributed by atoms with E-state index in [2.05, 4.69) is 35.7 Å². The van der Waals surface area contributed by atoms with Crippen LogP contribution in [0.15, 0.2) is 53.5 Å². The van der Waals surface area contributed by atoms with Gasteiger partial charge in [-0.1, -0.05) is 63.8 Å². The Hall–Kier alpha value is -5.28. The number of carbonyl (C=O) groups excluding carboxylic acids is 4. The van der Waals surface area contributed by atoms with E-state index < -0.39 is 11.5 Å². The molecule has 372 valence electrons. The van der Waals surface area contributed by atoms with E-state index in [0.29, 0.717) is 50.6 Å². The highest BCUT2D eigenvalue weighted by Gasteiger charge is 2.52. The Morgan fingerprint density at radius 3 is 2.10 bits per heavy atom. The second-order valence-corrected chi connectivity index (χ2v) is 21.2. The molecule has 2 aliphatic carbocycles. The van der Waals surface area contributed by atoms with Gasteiger partial charge in [-0.2, -0.15) is 5.10 Å². The molecule has 15 heteroatoms. The first kappa shape index (κ1) is 48.7. The van der Waals surface area contributed by atoms with Crippen LogP contribution in [0.2, 0.25) is 0 Å². The third-order valence-electron chi connectivity index (χ3n) is 16.3. The summed E-state index contributed by atoms with van der Waals surface area (Å²) in [5, 5.41) is 6.61. The van der Waals surface area contributed by atoms with Crippen LogP contribution in [0.4, 0.5) is 4.79 Å². The number of amides is 3. The Morgan fingerprint density at radius 1 is 0.797 bits per heavy atom. The Kier molecular flexibility index (Phi) is 14.8. The molecule has 0 spiro atoms.